The Kier molecular flexibility index (Phi) is 12.7. The number of fused-ring (bicyclic) bond motifs is 2. The van der Waals surface area contributed by atoms with Crippen molar-refractivity contribution in [1.82, 2.24) is 19.5 Å². The van der Waals surface area contributed by atoms with E-state index in [1.807, 2.05) is 13.8 Å². The quantitative estimate of drug-likeness (QED) is 0.0949. The zero-order chi connectivity index (χ0) is 24.4. The normalized spacial score (nSPS) is 13.8. The van der Waals surface area contributed by atoms with E-state index in [2.05, 4.69) is 15.0 Å². The Bertz CT molecular complexity index is 1310. The Hall–Kier alpha value is -1.27. The SMILES string of the molecule is Cc1cc2nc3c(=O)[nH]c(=O)nc-3n(C[C@@H](O)[C@@H](O)[C@@H](O)CO)c2cc1C.O=S(=O)(O)O.[Mn].[NaH]. The van der Waals surface area contributed by atoms with Crippen LogP contribution in [0.25, 0.3) is 22.6 Å². The van der Waals surface area contributed by atoms with Gasteiger partial charge in [-0.15, -0.1) is 0 Å². The average molecular weight is 553 g/mol. The fraction of sp³-hybridized carbons (Fsp3) is 0.412. The summed E-state index contributed by atoms with van der Waals surface area (Å²) in [6.45, 7) is 2.73. The van der Waals surface area contributed by atoms with Crippen LogP contribution in [-0.2, 0) is 34.0 Å². The van der Waals surface area contributed by atoms with Crippen molar-refractivity contribution in [3.8, 4) is 11.5 Å². The zero-order valence-corrected chi connectivity index (χ0v) is 19.2. The van der Waals surface area contributed by atoms with E-state index in [1.54, 1.807) is 12.1 Å². The summed E-state index contributed by atoms with van der Waals surface area (Å²) in [5, 5.41) is 38.8. The van der Waals surface area contributed by atoms with E-state index in [1.165, 1.54) is 4.57 Å². The van der Waals surface area contributed by atoms with Crippen LogP contribution < -0.4 is 11.2 Å². The van der Waals surface area contributed by atoms with Gasteiger partial charge >= 0.3 is 45.6 Å². The molecular formula is C17H23MnN4NaO10S. The first-order chi connectivity index (χ1) is 14.7. The monoisotopic (exact) mass is 553 g/mol. The number of H-pyrrole nitrogens is 1. The Labute approximate surface area is 225 Å². The second kappa shape index (κ2) is 13.2. The van der Waals surface area contributed by atoms with Crippen LogP contribution in [0, 0.1) is 13.8 Å². The molecule has 185 valence electrons. The molecule has 0 saturated carbocycles. The number of nitrogens with zero attached hydrogens (tertiary/aromatic N) is 3. The van der Waals surface area contributed by atoms with Gasteiger partial charge in [-0.05, 0) is 37.1 Å². The van der Waals surface area contributed by atoms with E-state index in [0.29, 0.717) is 11.0 Å². The molecule has 0 aromatic heterocycles. The Morgan fingerprint density at radius 3 is 2.09 bits per heavy atom. The Morgan fingerprint density at radius 2 is 1.56 bits per heavy atom. The molecular weight excluding hydrogens is 530 g/mol. The van der Waals surface area contributed by atoms with Crippen molar-refractivity contribution < 1.29 is 55.0 Å². The van der Waals surface area contributed by atoms with Gasteiger partial charge in [0, 0.05) is 17.1 Å². The van der Waals surface area contributed by atoms with Crippen molar-refractivity contribution in [2.45, 2.75) is 38.7 Å². The molecule has 3 atom stereocenters. The molecule has 1 aromatic rings. The third kappa shape index (κ3) is 8.44. The van der Waals surface area contributed by atoms with Gasteiger partial charge in [0.05, 0.1) is 24.2 Å². The summed E-state index contributed by atoms with van der Waals surface area (Å²) < 4.78 is 33.0. The third-order valence-corrected chi connectivity index (χ3v) is 4.57. The molecule has 0 spiro atoms. The molecule has 3 rings (SSSR count). The van der Waals surface area contributed by atoms with Gasteiger partial charge in [-0.1, -0.05) is 0 Å². The summed E-state index contributed by atoms with van der Waals surface area (Å²) in [4.78, 5) is 34.0. The molecule has 17 heteroatoms. The summed E-state index contributed by atoms with van der Waals surface area (Å²) in [6.07, 6.45) is -4.68. The van der Waals surface area contributed by atoms with Gasteiger partial charge in [0.15, 0.2) is 11.5 Å². The minimum atomic E-state index is -4.67. The maximum atomic E-state index is 12.2. The molecule has 1 aromatic carbocycles. The van der Waals surface area contributed by atoms with E-state index in [4.69, 9.17) is 22.6 Å². The molecule has 2 aliphatic rings. The number of nitrogens with one attached hydrogen (secondary N) is 1. The van der Waals surface area contributed by atoms with E-state index >= 15 is 0 Å². The third-order valence-electron chi connectivity index (χ3n) is 4.57. The van der Waals surface area contributed by atoms with Crippen LogP contribution in [0.2, 0.25) is 0 Å². The molecule has 0 saturated heterocycles. The van der Waals surface area contributed by atoms with Crippen molar-refractivity contribution in [1.29, 1.82) is 0 Å². The van der Waals surface area contributed by atoms with Crippen molar-refractivity contribution >= 4 is 51.0 Å². The number of rotatable bonds is 5. The Morgan fingerprint density at radius 1 is 1.03 bits per heavy atom. The number of aromatic amines is 1. The molecule has 34 heavy (non-hydrogen) atoms. The first-order valence-corrected chi connectivity index (χ1v) is 10.4. The standard InChI is InChI=1S/C17H20N4O6.Mn.Na.H2O4S.H/c1-7-3-9-10(4-8(7)2)21(5-11(23)14(25)12(24)6-22)15-13(18-9)16(26)20-17(27)19-15;;;1-5(2,3)4;/h3-4,11-12,14,22-25H,5-6H2,1-2H3,(H,20,26,27);;;(H2,1,2,3,4);/t11-,12+,14-;;;;/m1..../s1. The molecule has 1 radical (unpaired) electrons. The van der Waals surface area contributed by atoms with Crippen molar-refractivity contribution in [2.24, 2.45) is 0 Å². The number of aryl methyl sites for hydroxylation is 2. The molecule has 2 aliphatic heterocycles. The predicted molar refractivity (Wildman–Crippen MR) is 117 cm³/mol. The number of hydrogen-bond donors (Lipinski definition) is 7. The first-order valence-electron chi connectivity index (χ1n) is 8.99. The summed E-state index contributed by atoms with van der Waals surface area (Å²) in [6, 6.07) is 3.53. The average Bonchev–Trinajstić information content (AvgIpc) is 2.67. The zero-order valence-electron chi connectivity index (χ0n) is 17.2. The van der Waals surface area contributed by atoms with E-state index in [0.717, 1.165) is 11.1 Å². The number of aliphatic hydroxyl groups is 4. The number of benzene rings is 1. The van der Waals surface area contributed by atoms with Crippen LogP contribution in [-0.4, -0.2) is 112 Å². The number of aliphatic hydroxyl groups excluding tert-OH is 4. The van der Waals surface area contributed by atoms with Crippen molar-refractivity contribution in [2.75, 3.05) is 6.61 Å². The molecule has 7 N–H and O–H groups in total. The molecule has 0 fully saturated rings. The molecule has 0 bridgehead atoms. The van der Waals surface area contributed by atoms with Crippen molar-refractivity contribution in [3.63, 3.8) is 0 Å². The van der Waals surface area contributed by atoms with E-state index in [-0.39, 0.29) is 64.7 Å². The van der Waals surface area contributed by atoms with E-state index < -0.39 is 46.6 Å². The fourth-order valence-corrected chi connectivity index (χ4v) is 2.89. The summed E-state index contributed by atoms with van der Waals surface area (Å²) in [5.74, 6) is -0.0516. The summed E-state index contributed by atoms with van der Waals surface area (Å²) in [7, 11) is -4.67. The van der Waals surface area contributed by atoms with Gasteiger partial charge in [0.25, 0.3) is 5.56 Å². The summed E-state index contributed by atoms with van der Waals surface area (Å²) >= 11 is 0. The predicted octanol–water partition coefficient (Wildman–Crippen LogP) is -3.03. The maximum absolute atomic E-state index is 12.2. The fourth-order valence-electron chi connectivity index (χ4n) is 2.89. The van der Waals surface area contributed by atoms with Gasteiger partial charge in [-0.2, -0.15) is 13.4 Å². The molecule has 0 amide bonds. The van der Waals surface area contributed by atoms with Crippen LogP contribution in [0.15, 0.2) is 21.7 Å². The topological polar surface area (TPSA) is 236 Å². The first kappa shape index (κ1) is 32.7. The Balaban J connectivity index is 0.00000141. The molecule has 0 aliphatic carbocycles. The van der Waals surface area contributed by atoms with E-state index in [9.17, 15) is 24.9 Å². The van der Waals surface area contributed by atoms with Crippen LogP contribution in [0.4, 0.5) is 0 Å². The molecule has 14 nitrogen and oxygen atoms in total. The van der Waals surface area contributed by atoms with Gasteiger partial charge in [0.1, 0.15) is 18.3 Å². The number of hydrogen-bond acceptors (Lipinski definition) is 10. The van der Waals surface area contributed by atoms with Gasteiger partial charge in [0.2, 0.25) is 0 Å². The number of aromatic nitrogens is 4. The van der Waals surface area contributed by atoms with Gasteiger partial charge in [-0.3, -0.25) is 18.9 Å². The van der Waals surface area contributed by atoms with Crippen LogP contribution in [0.5, 0.6) is 0 Å². The molecule has 2 heterocycles. The summed E-state index contributed by atoms with van der Waals surface area (Å²) in [5.41, 5.74) is 1.11. The van der Waals surface area contributed by atoms with Crippen LogP contribution in [0.1, 0.15) is 11.1 Å². The second-order valence-corrected chi connectivity index (χ2v) is 7.84. The van der Waals surface area contributed by atoms with Gasteiger partial charge < -0.3 is 25.0 Å². The van der Waals surface area contributed by atoms with Crippen LogP contribution in [0.3, 0.4) is 0 Å². The minimum absolute atomic E-state index is 0. The molecule has 0 unspecified atom stereocenters. The van der Waals surface area contributed by atoms with Gasteiger partial charge in [-0.25, -0.2) is 9.78 Å². The second-order valence-electron chi connectivity index (χ2n) is 6.95. The van der Waals surface area contributed by atoms with Crippen LogP contribution >= 0.6 is 0 Å². The van der Waals surface area contributed by atoms with Crippen molar-refractivity contribution in [3.05, 3.63) is 44.1 Å².